The van der Waals surface area contributed by atoms with Gasteiger partial charge in [-0.15, -0.1) is 0 Å². The summed E-state index contributed by atoms with van der Waals surface area (Å²) in [6, 6.07) is 0. The Hall–Kier alpha value is -1.00. The van der Waals surface area contributed by atoms with Crippen molar-refractivity contribution in [3.63, 3.8) is 0 Å². The van der Waals surface area contributed by atoms with E-state index in [9.17, 15) is 18.4 Å². The first kappa shape index (κ1) is 15.0. The molecule has 0 radical (unpaired) electrons. The highest BCUT2D eigenvalue weighted by atomic mass is 19.3. The maximum absolute atomic E-state index is 13.3. The van der Waals surface area contributed by atoms with E-state index in [1.165, 1.54) is 0 Å². The van der Waals surface area contributed by atoms with Gasteiger partial charge in [0.15, 0.2) is 0 Å². The number of halogens is 2. The Balaban J connectivity index is 4.28. The minimum Gasteiger partial charge on any atom is -0.466 e. The molecule has 16 heavy (non-hydrogen) atoms. The topological polar surface area (TPSA) is 43.4 Å². The van der Waals surface area contributed by atoms with E-state index in [0.29, 0.717) is 12.7 Å². The van der Waals surface area contributed by atoms with Gasteiger partial charge in [0.05, 0.1) is 12.5 Å². The van der Waals surface area contributed by atoms with Crippen LogP contribution in [-0.2, 0) is 14.3 Å². The van der Waals surface area contributed by atoms with Crippen molar-refractivity contribution >= 4 is 12.3 Å². The first-order valence-electron chi connectivity index (χ1n) is 5.45. The van der Waals surface area contributed by atoms with Crippen LogP contribution in [0.15, 0.2) is 0 Å². The molecule has 0 aromatic carbocycles. The molecule has 0 aromatic rings. The predicted molar refractivity (Wildman–Crippen MR) is 55.3 cm³/mol. The van der Waals surface area contributed by atoms with Crippen molar-refractivity contribution in [2.24, 2.45) is 5.92 Å². The van der Waals surface area contributed by atoms with Gasteiger partial charge in [-0.1, -0.05) is 6.92 Å². The molecule has 0 spiro atoms. The van der Waals surface area contributed by atoms with Gasteiger partial charge in [0.1, 0.15) is 6.29 Å². The molecule has 0 N–H and O–H groups in total. The van der Waals surface area contributed by atoms with E-state index in [0.717, 1.165) is 0 Å². The fourth-order valence-electron chi connectivity index (χ4n) is 1.39. The van der Waals surface area contributed by atoms with E-state index in [1.807, 2.05) is 0 Å². The lowest BCUT2D eigenvalue weighted by Gasteiger charge is -2.20. The van der Waals surface area contributed by atoms with Crippen LogP contribution in [0.4, 0.5) is 8.78 Å². The summed E-state index contributed by atoms with van der Waals surface area (Å²) in [5.74, 6) is -4.36. The van der Waals surface area contributed by atoms with E-state index in [-0.39, 0.29) is 13.0 Å². The molecule has 1 unspecified atom stereocenters. The third-order valence-electron chi connectivity index (χ3n) is 2.29. The SMILES string of the molecule is CCOC(=O)C(CC)CC(F)(F)CCC=O. The van der Waals surface area contributed by atoms with E-state index in [1.54, 1.807) is 13.8 Å². The second-order valence-electron chi connectivity index (χ2n) is 3.62. The summed E-state index contributed by atoms with van der Waals surface area (Å²) in [4.78, 5) is 21.3. The van der Waals surface area contributed by atoms with E-state index >= 15 is 0 Å². The monoisotopic (exact) mass is 236 g/mol. The van der Waals surface area contributed by atoms with Crippen LogP contribution in [0.1, 0.15) is 39.5 Å². The fourth-order valence-corrected chi connectivity index (χ4v) is 1.39. The lowest BCUT2D eigenvalue weighted by Crippen LogP contribution is -2.27. The summed E-state index contributed by atoms with van der Waals surface area (Å²) in [7, 11) is 0. The van der Waals surface area contributed by atoms with Crippen LogP contribution in [0.5, 0.6) is 0 Å². The summed E-state index contributed by atoms with van der Waals surface area (Å²) in [5, 5.41) is 0. The summed E-state index contributed by atoms with van der Waals surface area (Å²) in [6.07, 6.45) is -0.469. The van der Waals surface area contributed by atoms with Crippen molar-refractivity contribution in [2.45, 2.75) is 45.5 Å². The molecule has 3 nitrogen and oxygen atoms in total. The first-order valence-corrected chi connectivity index (χ1v) is 5.45. The molecule has 0 bridgehead atoms. The smallest absolute Gasteiger partial charge is 0.309 e. The standard InChI is InChI=1S/C11H18F2O3/c1-3-9(10(15)16-4-2)8-11(12,13)6-5-7-14/h7,9H,3-6,8H2,1-2H3. The van der Waals surface area contributed by atoms with Crippen molar-refractivity contribution < 1.29 is 23.1 Å². The molecule has 0 aliphatic rings. The largest absolute Gasteiger partial charge is 0.466 e. The van der Waals surface area contributed by atoms with Gasteiger partial charge in [-0.05, 0) is 13.3 Å². The Morgan fingerprint density at radius 3 is 2.50 bits per heavy atom. The highest BCUT2D eigenvalue weighted by molar-refractivity contribution is 5.72. The molecule has 0 aliphatic heterocycles. The Kier molecular flexibility index (Phi) is 6.85. The molecular weight excluding hydrogens is 218 g/mol. The van der Waals surface area contributed by atoms with E-state index < -0.39 is 30.7 Å². The molecule has 1 atom stereocenters. The van der Waals surface area contributed by atoms with Crippen LogP contribution in [0.25, 0.3) is 0 Å². The average Bonchev–Trinajstić information content (AvgIpc) is 2.23. The summed E-state index contributed by atoms with van der Waals surface area (Å²) < 4.78 is 31.3. The van der Waals surface area contributed by atoms with Crippen LogP contribution < -0.4 is 0 Å². The van der Waals surface area contributed by atoms with Crippen LogP contribution >= 0.6 is 0 Å². The van der Waals surface area contributed by atoms with Gasteiger partial charge in [-0.2, -0.15) is 0 Å². The number of carbonyl (C=O) groups is 2. The normalized spacial score (nSPS) is 13.2. The zero-order valence-electron chi connectivity index (χ0n) is 9.67. The van der Waals surface area contributed by atoms with Crippen molar-refractivity contribution in [3.8, 4) is 0 Å². The van der Waals surface area contributed by atoms with Gasteiger partial charge in [0, 0.05) is 19.3 Å². The molecule has 94 valence electrons. The molecule has 0 aromatic heterocycles. The van der Waals surface area contributed by atoms with Crippen molar-refractivity contribution in [1.29, 1.82) is 0 Å². The second-order valence-corrected chi connectivity index (χ2v) is 3.62. The van der Waals surface area contributed by atoms with Gasteiger partial charge < -0.3 is 9.53 Å². The fraction of sp³-hybridized carbons (Fsp3) is 0.818. The maximum Gasteiger partial charge on any atom is 0.309 e. The number of aldehydes is 1. The quantitative estimate of drug-likeness (QED) is 0.480. The van der Waals surface area contributed by atoms with E-state index in [2.05, 4.69) is 0 Å². The zero-order valence-corrected chi connectivity index (χ0v) is 9.67. The predicted octanol–water partition coefficient (Wildman–Crippen LogP) is 2.58. The maximum atomic E-state index is 13.3. The molecule has 5 heteroatoms. The second kappa shape index (κ2) is 7.30. The summed E-state index contributed by atoms with van der Waals surface area (Å²) in [5.41, 5.74) is 0. The van der Waals surface area contributed by atoms with Gasteiger partial charge in [0.25, 0.3) is 0 Å². The molecule has 0 saturated carbocycles. The van der Waals surface area contributed by atoms with Crippen LogP contribution in [0.3, 0.4) is 0 Å². The molecule has 0 fully saturated rings. The lowest BCUT2D eigenvalue weighted by molar-refractivity contribution is -0.152. The molecule has 0 aliphatic carbocycles. The summed E-state index contributed by atoms with van der Waals surface area (Å²) >= 11 is 0. The number of rotatable bonds is 8. The molecule has 0 saturated heterocycles. The highest BCUT2D eigenvalue weighted by Gasteiger charge is 2.34. The number of hydrogen-bond donors (Lipinski definition) is 0. The Morgan fingerprint density at radius 1 is 1.44 bits per heavy atom. The minimum absolute atomic E-state index is 0.188. The zero-order chi connectivity index (χ0) is 12.6. The third kappa shape index (κ3) is 5.78. The first-order chi connectivity index (χ1) is 7.46. The third-order valence-corrected chi connectivity index (χ3v) is 2.29. The average molecular weight is 236 g/mol. The minimum atomic E-state index is -2.98. The van der Waals surface area contributed by atoms with Crippen molar-refractivity contribution in [1.82, 2.24) is 0 Å². The van der Waals surface area contributed by atoms with Crippen LogP contribution in [-0.4, -0.2) is 24.8 Å². The number of ether oxygens (including phenoxy) is 1. The number of esters is 1. The number of alkyl halides is 2. The Morgan fingerprint density at radius 2 is 2.06 bits per heavy atom. The number of hydrogen-bond acceptors (Lipinski definition) is 3. The molecule has 0 heterocycles. The molecule has 0 amide bonds. The lowest BCUT2D eigenvalue weighted by atomic mass is 9.96. The summed E-state index contributed by atoms with van der Waals surface area (Å²) in [6.45, 7) is 3.49. The van der Waals surface area contributed by atoms with Crippen LogP contribution in [0, 0.1) is 5.92 Å². The van der Waals surface area contributed by atoms with E-state index in [4.69, 9.17) is 4.74 Å². The van der Waals surface area contributed by atoms with Crippen molar-refractivity contribution in [3.05, 3.63) is 0 Å². The Bertz CT molecular complexity index is 229. The van der Waals surface area contributed by atoms with Gasteiger partial charge in [-0.25, -0.2) is 8.78 Å². The molecular formula is C11H18F2O3. The van der Waals surface area contributed by atoms with Crippen molar-refractivity contribution in [2.75, 3.05) is 6.61 Å². The van der Waals surface area contributed by atoms with Gasteiger partial charge >= 0.3 is 5.97 Å². The Labute approximate surface area is 94.2 Å². The van der Waals surface area contributed by atoms with Gasteiger partial charge in [-0.3, -0.25) is 4.79 Å². The molecule has 0 rings (SSSR count). The highest BCUT2D eigenvalue weighted by Crippen LogP contribution is 2.30. The van der Waals surface area contributed by atoms with Gasteiger partial charge in [0.2, 0.25) is 5.92 Å². The number of carbonyl (C=O) groups excluding carboxylic acids is 2. The van der Waals surface area contributed by atoms with Crippen LogP contribution in [0.2, 0.25) is 0 Å².